The van der Waals surface area contributed by atoms with Gasteiger partial charge < -0.3 is 14.8 Å². The molecule has 1 heterocycles. The van der Waals surface area contributed by atoms with Gasteiger partial charge in [-0.05, 0) is 34.5 Å². The highest BCUT2D eigenvalue weighted by atomic mass is 35.5. The minimum atomic E-state index is 0.436. The Balaban J connectivity index is 1.74. The first-order valence-electron chi connectivity index (χ1n) is 8.94. The quantitative estimate of drug-likeness (QED) is 0.517. The molecule has 0 bridgehead atoms. The van der Waals surface area contributed by atoms with Crippen molar-refractivity contribution in [3.8, 4) is 11.5 Å². The van der Waals surface area contributed by atoms with E-state index in [4.69, 9.17) is 21.1 Å². The zero-order valence-corrected chi connectivity index (χ0v) is 16.4. The number of hydrogen-bond acceptors (Lipinski definition) is 6. The number of nitrogens with zero attached hydrogens (tertiary/aromatic N) is 4. The van der Waals surface area contributed by atoms with Gasteiger partial charge in [0.1, 0.15) is 6.61 Å². The molecule has 0 saturated carbocycles. The predicted octanol–water partition coefficient (Wildman–Crippen LogP) is 4.10. The first-order chi connectivity index (χ1) is 13.7. The number of nitrogens with one attached hydrogen (secondary N) is 1. The summed E-state index contributed by atoms with van der Waals surface area (Å²) in [4.78, 5) is 0. The molecule has 1 aromatic heterocycles. The van der Waals surface area contributed by atoms with Crippen LogP contribution >= 0.6 is 11.6 Å². The number of hydrogen-bond donors (Lipinski definition) is 1. The highest BCUT2D eigenvalue weighted by Gasteiger charge is 2.13. The van der Waals surface area contributed by atoms with Gasteiger partial charge in [-0.3, -0.25) is 0 Å². The average molecular weight is 400 g/mol. The number of tetrazole rings is 1. The van der Waals surface area contributed by atoms with Crippen molar-refractivity contribution >= 4 is 17.5 Å². The Hall–Kier alpha value is -3.06. The molecule has 3 aromatic rings. The van der Waals surface area contributed by atoms with Gasteiger partial charge in [0.15, 0.2) is 11.5 Å². The minimum Gasteiger partial charge on any atom is -0.490 e. The molecule has 8 heteroatoms. The number of anilines is 1. The molecular weight excluding hydrogens is 378 g/mol. The molecular formula is C20H22ClN5O2. The van der Waals surface area contributed by atoms with Gasteiger partial charge >= 0.3 is 0 Å². The Labute approximate surface area is 168 Å². The van der Waals surface area contributed by atoms with Crippen LogP contribution in [0.25, 0.3) is 0 Å². The first-order valence-corrected chi connectivity index (χ1v) is 9.32. The van der Waals surface area contributed by atoms with Crippen LogP contribution in [0.1, 0.15) is 18.1 Å². The molecule has 0 unspecified atom stereocenters. The lowest BCUT2D eigenvalue weighted by atomic mass is 10.2. The summed E-state index contributed by atoms with van der Waals surface area (Å²) in [7, 11) is 0. The topological polar surface area (TPSA) is 74.1 Å². The van der Waals surface area contributed by atoms with Gasteiger partial charge in [-0.15, -0.1) is 6.58 Å². The van der Waals surface area contributed by atoms with Gasteiger partial charge in [0, 0.05) is 17.6 Å². The summed E-state index contributed by atoms with van der Waals surface area (Å²) in [5.41, 5.74) is 1.92. The van der Waals surface area contributed by atoms with E-state index in [2.05, 4.69) is 27.4 Å². The van der Waals surface area contributed by atoms with E-state index in [9.17, 15) is 0 Å². The van der Waals surface area contributed by atoms with Gasteiger partial charge in [0.05, 0.1) is 13.2 Å². The van der Waals surface area contributed by atoms with Crippen LogP contribution < -0.4 is 14.8 Å². The summed E-state index contributed by atoms with van der Waals surface area (Å²) in [5.74, 6) is 1.79. The van der Waals surface area contributed by atoms with E-state index < -0.39 is 0 Å². The van der Waals surface area contributed by atoms with E-state index in [1.54, 1.807) is 16.8 Å². The van der Waals surface area contributed by atoms with Crippen LogP contribution in [0.4, 0.5) is 5.95 Å². The van der Waals surface area contributed by atoms with Gasteiger partial charge in [-0.25, -0.2) is 4.68 Å². The van der Waals surface area contributed by atoms with Gasteiger partial charge in [-0.1, -0.05) is 53.1 Å². The van der Waals surface area contributed by atoms with Crippen molar-refractivity contribution in [2.75, 3.05) is 11.9 Å². The third-order valence-corrected chi connectivity index (χ3v) is 4.27. The Kier molecular flexibility index (Phi) is 6.86. The maximum absolute atomic E-state index is 6.47. The van der Waals surface area contributed by atoms with Crippen molar-refractivity contribution < 1.29 is 9.47 Å². The first kappa shape index (κ1) is 19.7. The molecule has 146 valence electrons. The van der Waals surface area contributed by atoms with Crippen LogP contribution in [0, 0.1) is 0 Å². The average Bonchev–Trinajstić information content (AvgIpc) is 3.15. The Bertz CT molecular complexity index is 914. The zero-order valence-electron chi connectivity index (χ0n) is 15.6. The summed E-state index contributed by atoms with van der Waals surface area (Å²) in [6, 6.07) is 13.6. The fourth-order valence-corrected chi connectivity index (χ4v) is 2.80. The lowest BCUT2D eigenvalue weighted by Gasteiger charge is -2.15. The normalized spacial score (nSPS) is 10.5. The molecule has 28 heavy (non-hydrogen) atoms. The third kappa shape index (κ3) is 5.01. The number of benzene rings is 2. The molecule has 3 rings (SSSR count). The zero-order chi connectivity index (χ0) is 19.8. The molecule has 0 aliphatic heterocycles. The largest absolute Gasteiger partial charge is 0.490 e. The Morgan fingerprint density at radius 3 is 2.71 bits per heavy atom. The second-order valence-electron chi connectivity index (χ2n) is 5.92. The molecule has 0 saturated heterocycles. The van der Waals surface area contributed by atoms with Crippen LogP contribution in [-0.2, 0) is 19.7 Å². The Morgan fingerprint density at radius 2 is 1.96 bits per heavy atom. The van der Waals surface area contributed by atoms with Crippen molar-refractivity contribution in [2.45, 2.75) is 26.6 Å². The number of allylic oxidation sites excluding steroid dienone is 1. The fourth-order valence-electron chi connectivity index (χ4n) is 2.58. The van der Waals surface area contributed by atoms with E-state index in [-0.39, 0.29) is 0 Å². The molecule has 0 fully saturated rings. The molecule has 0 radical (unpaired) electrons. The highest BCUT2D eigenvalue weighted by molar-refractivity contribution is 6.31. The van der Waals surface area contributed by atoms with Crippen LogP contribution in [0.2, 0.25) is 5.02 Å². The van der Waals surface area contributed by atoms with Gasteiger partial charge in [0.25, 0.3) is 0 Å². The number of aromatic nitrogens is 4. The van der Waals surface area contributed by atoms with Crippen molar-refractivity contribution in [1.82, 2.24) is 20.2 Å². The second-order valence-corrected chi connectivity index (χ2v) is 6.33. The highest BCUT2D eigenvalue weighted by Crippen LogP contribution is 2.34. The van der Waals surface area contributed by atoms with Crippen LogP contribution in [0.15, 0.2) is 55.1 Å². The molecule has 7 nitrogen and oxygen atoms in total. The van der Waals surface area contributed by atoms with Crippen LogP contribution in [-0.4, -0.2) is 26.8 Å². The lowest BCUT2D eigenvalue weighted by molar-refractivity contribution is 0.269. The molecule has 0 aliphatic rings. The molecule has 0 atom stereocenters. The van der Waals surface area contributed by atoms with Crippen molar-refractivity contribution in [1.29, 1.82) is 0 Å². The lowest BCUT2D eigenvalue weighted by Crippen LogP contribution is -2.09. The van der Waals surface area contributed by atoms with Gasteiger partial charge in [0.2, 0.25) is 5.95 Å². The van der Waals surface area contributed by atoms with Crippen molar-refractivity contribution in [3.63, 3.8) is 0 Å². The Morgan fingerprint density at radius 1 is 1.18 bits per heavy atom. The van der Waals surface area contributed by atoms with Crippen molar-refractivity contribution in [3.05, 3.63) is 71.3 Å². The summed E-state index contributed by atoms with van der Waals surface area (Å²) >= 11 is 6.47. The number of ether oxygens (including phenoxy) is 2. The summed E-state index contributed by atoms with van der Waals surface area (Å²) in [5, 5.41) is 15.3. The second kappa shape index (κ2) is 9.75. The van der Waals surface area contributed by atoms with E-state index in [1.165, 1.54) is 0 Å². The minimum absolute atomic E-state index is 0.436. The molecule has 0 amide bonds. The van der Waals surface area contributed by atoms with E-state index in [0.717, 1.165) is 11.1 Å². The third-order valence-electron chi connectivity index (χ3n) is 3.92. The van der Waals surface area contributed by atoms with E-state index in [0.29, 0.717) is 48.8 Å². The monoisotopic (exact) mass is 399 g/mol. The summed E-state index contributed by atoms with van der Waals surface area (Å²) < 4.78 is 13.3. The number of rotatable bonds is 10. The standard InChI is InChI=1S/C20H22ClN5O2/c1-3-10-26-20(23-24-25-26)22-13-16-11-18(27-4-2)19(12-17(16)21)28-14-15-8-6-5-7-9-15/h3,5-9,11-12H,1,4,10,13-14H2,2H3,(H,22,23,25). The van der Waals surface area contributed by atoms with Crippen LogP contribution in [0.5, 0.6) is 11.5 Å². The molecule has 1 N–H and O–H groups in total. The molecule has 0 aliphatic carbocycles. The predicted molar refractivity (Wildman–Crippen MR) is 109 cm³/mol. The van der Waals surface area contributed by atoms with Crippen LogP contribution in [0.3, 0.4) is 0 Å². The van der Waals surface area contributed by atoms with E-state index >= 15 is 0 Å². The van der Waals surface area contributed by atoms with Gasteiger partial charge in [-0.2, -0.15) is 0 Å². The molecule has 2 aromatic carbocycles. The molecule has 0 spiro atoms. The smallest absolute Gasteiger partial charge is 0.243 e. The SMILES string of the molecule is C=CCn1nnnc1NCc1cc(OCC)c(OCc2ccccc2)cc1Cl. The van der Waals surface area contributed by atoms with Crippen molar-refractivity contribution in [2.24, 2.45) is 0 Å². The maximum atomic E-state index is 6.47. The maximum Gasteiger partial charge on any atom is 0.243 e. The summed E-state index contributed by atoms with van der Waals surface area (Å²) in [6.45, 7) is 7.53. The summed E-state index contributed by atoms with van der Waals surface area (Å²) in [6.07, 6.45) is 1.72. The van der Waals surface area contributed by atoms with E-state index in [1.807, 2.05) is 43.3 Å². The fraction of sp³-hybridized carbons (Fsp3) is 0.250. The number of halogens is 1.